The van der Waals surface area contributed by atoms with Crippen molar-refractivity contribution in [3.05, 3.63) is 12.3 Å². The third-order valence-corrected chi connectivity index (χ3v) is 5.54. The Morgan fingerprint density at radius 3 is 2.59 bits per heavy atom. The number of alkyl halides is 1. The van der Waals surface area contributed by atoms with Crippen molar-refractivity contribution in [2.75, 3.05) is 0 Å². The first-order chi connectivity index (χ1) is 7.99. The Morgan fingerprint density at radius 1 is 1.41 bits per heavy atom. The van der Waals surface area contributed by atoms with Gasteiger partial charge in [0.15, 0.2) is 5.03 Å². The summed E-state index contributed by atoms with van der Waals surface area (Å²) in [5.41, 5.74) is 0. The molecule has 0 saturated heterocycles. The Hall–Kier alpha value is -0.400. The highest BCUT2D eigenvalue weighted by atomic mass is 79.9. The van der Waals surface area contributed by atoms with Gasteiger partial charge in [-0.1, -0.05) is 15.9 Å². The molecule has 1 saturated carbocycles. The fraction of sp³-hybridized carbons (Fsp3) is 0.700. The van der Waals surface area contributed by atoms with E-state index in [1.165, 1.54) is 16.9 Å². The molecular weight excluding hydrogens is 306 g/mol. The number of nitrogens with zero attached hydrogens (tertiary/aromatic N) is 2. The maximum absolute atomic E-state index is 12.1. The van der Waals surface area contributed by atoms with Crippen LogP contribution in [0.1, 0.15) is 25.7 Å². The zero-order chi connectivity index (χ0) is 12.5. The number of aromatic nitrogens is 2. The highest BCUT2D eigenvalue weighted by Crippen LogP contribution is 2.25. The van der Waals surface area contributed by atoms with Gasteiger partial charge in [-0.3, -0.25) is 4.68 Å². The van der Waals surface area contributed by atoms with Crippen LogP contribution in [0.3, 0.4) is 0 Å². The first kappa shape index (κ1) is 13.0. The zero-order valence-corrected chi connectivity index (χ0v) is 12.0. The van der Waals surface area contributed by atoms with E-state index in [0.29, 0.717) is 4.83 Å². The third kappa shape index (κ3) is 3.08. The molecule has 17 heavy (non-hydrogen) atoms. The minimum Gasteiger partial charge on any atom is -0.256 e. The van der Waals surface area contributed by atoms with Gasteiger partial charge in [0.1, 0.15) is 0 Å². The lowest BCUT2D eigenvalue weighted by Crippen LogP contribution is -2.38. The number of hydrogen-bond acceptors (Lipinski definition) is 3. The minimum atomic E-state index is -3.43. The van der Waals surface area contributed by atoms with Crippen molar-refractivity contribution in [1.82, 2.24) is 14.5 Å². The van der Waals surface area contributed by atoms with E-state index in [1.54, 1.807) is 7.05 Å². The van der Waals surface area contributed by atoms with Crippen molar-refractivity contribution in [1.29, 1.82) is 0 Å². The van der Waals surface area contributed by atoms with Crippen LogP contribution < -0.4 is 4.72 Å². The molecule has 2 rings (SSSR count). The molecule has 0 aliphatic heterocycles. The van der Waals surface area contributed by atoms with Gasteiger partial charge < -0.3 is 0 Å². The summed E-state index contributed by atoms with van der Waals surface area (Å²) in [5, 5.41) is 4.10. The van der Waals surface area contributed by atoms with Crippen molar-refractivity contribution in [3.63, 3.8) is 0 Å². The molecule has 0 amide bonds. The maximum atomic E-state index is 12.1. The molecule has 1 aromatic heterocycles. The standard InChI is InChI=1S/C10H16BrN3O2S/c1-14-10(6-7-12-14)17(15,16)13-9-4-2-8(11)3-5-9/h6-9,13H,2-5H2,1H3. The average Bonchev–Trinajstić information content (AvgIpc) is 2.68. The van der Waals surface area contributed by atoms with Crippen molar-refractivity contribution < 1.29 is 8.42 Å². The van der Waals surface area contributed by atoms with Crippen molar-refractivity contribution in [2.45, 2.75) is 41.6 Å². The second-order valence-electron chi connectivity index (χ2n) is 4.36. The Balaban J connectivity index is 2.06. The fourth-order valence-electron chi connectivity index (χ4n) is 2.08. The fourth-order valence-corrected chi connectivity index (χ4v) is 4.03. The number of aryl methyl sites for hydroxylation is 1. The largest absolute Gasteiger partial charge is 0.257 e. The van der Waals surface area contributed by atoms with Crippen LogP contribution in [-0.4, -0.2) is 29.1 Å². The predicted octanol–water partition coefficient (Wildman–Crippen LogP) is 1.40. The number of sulfonamides is 1. The zero-order valence-electron chi connectivity index (χ0n) is 9.63. The molecule has 0 aromatic carbocycles. The summed E-state index contributed by atoms with van der Waals surface area (Å²) in [6.45, 7) is 0. The van der Waals surface area contributed by atoms with Crippen LogP contribution in [0.15, 0.2) is 17.3 Å². The van der Waals surface area contributed by atoms with Crippen LogP contribution in [0.25, 0.3) is 0 Å². The van der Waals surface area contributed by atoms with Gasteiger partial charge >= 0.3 is 0 Å². The molecule has 0 bridgehead atoms. The average molecular weight is 322 g/mol. The lowest BCUT2D eigenvalue weighted by atomic mass is 9.96. The van der Waals surface area contributed by atoms with E-state index >= 15 is 0 Å². The summed E-state index contributed by atoms with van der Waals surface area (Å²) in [6, 6.07) is 1.56. The van der Waals surface area contributed by atoms with Crippen LogP contribution in [-0.2, 0) is 17.1 Å². The molecule has 1 aliphatic carbocycles. The van der Waals surface area contributed by atoms with E-state index in [9.17, 15) is 8.42 Å². The number of hydrogen-bond donors (Lipinski definition) is 1. The van der Waals surface area contributed by atoms with E-state index in [4.69, 9.17) is 0 Å². The summed E-state index contributed by atoms with van der Waals surface area (Å²) in [7, 11) is -1.80. The number of halogens is 1. The van der Waals surface area contributed by atoms with E-state index < -0.39 is 10.0 Å². The highest BCUT2D eigenvalue weighted by molar-refractivity contribution is 9.09. The smallest absolute Gasteiger partial charge is 0.256 e. The Kier molecular flexibility index (Phi) is 3.89. The molecule has 0 radical (unpaired) electrons. The molecule has 0 spiro atoms. The van der Waals surface area contributed by atoms with Crippen LogP contribution >= 0.6 is 15.9 Å². The van der Waals surface area contributed by atoms with Gasteiger partial charge in [0.05, 0.1) is 6.20 Å². The lowest BCUT2D eigenvalue weighted by molar-refractivity contribution is 0.421. The normalized spacial score (nSPS) is 26.0. The topological polar surface area (TPSA) is 64.0 Å². The van der Waals surface area contributed by atoms with Crippen molar-refractivity contribution >= 4 is 26.0 Å². The first-order valence-electron chi connectivity index (χ1n) is 5.63. The Labute approximate surface area is 110 Å². The van der Waals surface area contributed by atoms with Crippen LogP contribution in [0.4, 0.5) is 0 Å². The molecular formula is C10H16BrN3O2S. The molecule has 5 nitrogen and oxygen atoms in total. The highest BCUT2D eigenvalue weighted by Gasteiger charge is 2.26. The summed E-state index contributed by atoms with van der Waals surface area (Å²) in [6.07, 6.45) is 5.28. The van der Waals surface area contributed by atoms with Gasteiger partial charge in [-0.25, -0.2) is 13.1 Å². The summed E-state index contributed by atoms with van der Waals surface area (Å²) in [4.78, 5) is 0.528. The lowest BCUT2D eigenvalue weighted by Gasteiger charge is -2.25. The van der Waals surface area contributed by atoms with Gasteiger partial charge in [0.2, 0.25) is 0 Å². The molecule has 0 unspecified atom stereocenters. The van der Waals surface area contributed by atoms with Crippen molar-refractivity contribution in [2.24, 2.45) is 7.05 Å². The SMILES string of the molecule is Cn1nccc1S(=O)(=O)NC1CCC(Br)CC1. The van der Waals surface area contributed by atoms with Gasteiger partial charge in [0, 0.05) is 17.9 Å². The Bertz CT molecular complexity index is 477. The summed E-state index contributed by atoms with van der Waals surface area (Å²) >= 11 is 3.55. The number of nitrogens with one attached hydrogen (secondary N) is 1. The van der Waals surface area contributed by atoms with Crippen LogP contribution in [0.2, 0.25) is 0 Å². The van der Waals surface area contributed by atoms with Crippen molar-refractivity contribution in [3.8, 4) is 0 Å². The third-order valence-electron chi connectivity index (χ3n) is 3.03. The predicted molar refractivity (Wildman–Crippen MR) is 68.5 cm³/mol. The van der Waals surface area contributed by atoms with E-state index in [-0.39, 0.29) is 11.1 Å². The van der Waals surface area contributed by atoms with E-state index in [0.717, 1.165) is 25.7 Å². The maximum Gasteiger partial charge on any atom is 0.257 e. The van der Waals surface area contributed by atoms with Gasteiger partial charge in [-0.05, 0) is 31.7 Å². The molecule has 96 valence electrons. The van der Waals surface area contributed by atoms with E-state index in [2.05, 4.69) is 25.8 Å². The number of rotatable bonds is 3. The van der Waals surface area contributed by atoms with Gasteiger partial charge in [-0.2, -0.15) is 5.10 Å². The molecule has 1 aliphatic rings. The quantitative estimate of drug-likeness (QED) is 0.856. The monoisotopic (exact) mass is 321 g/mol. The molecule has 0 atom stereocenters. The second-order valence-corrected chi connectivity index (χ2v) is 7.32. The molecule has 1 fully saturated rings. The Morgan fingerprint density at radius 2 is 2.06 bits per heavy atom. The van der Waals surface area contributed by atoms with Gasteiger partial charge in [0.25, 0.3) is 10.0 Å². The first-order valence-corrected chi connectivity index (χ1v) is 8.03. The summed E-state index contributed by atoms with van der Waals surface area (Å²) < 4.78 is 28.3. The van der Waals surface area contributed by atoms with Crippen LogP contribution in [0, 0.1) is 0 Å². The molecule has 1 aromatic rings. The second kappa shape index (κ2) is 5.07. The molecule has 1 heterocycles. The van der Waals surface area contributed by atoms with E-state index in [1.807, 2.05) is 0 Å². The van der Waals surface area contributed by atoms with Crippen LogP contribution in [0.5, 0.6) is 0 Å². The van der Waals surface area contributed by atoms with Gasteiger partial charge in [-0.15, -0.1) is 0 Å². The molecule has 1 N–H and O–H groups in total. The minimum absolute atomic E-state index is 0.0451. The summed E-state index contributed by atoms with van der Waals surface area (Å²) in [5.74, 6) is 0. The molecule has 7 heteroatoms.